The summed E-state index contributed by atoms with van der Waals surface area (Å²) in [6, 6.07) is 0.395. The molecule has 0 aromatic carbocycles. The normalized spacial score (nSPS) is 16.7. The van der Waals surface area contributed by atoms with E-state index in [0.29, 0.717) is 12.5 Å². The van der Waals surface area contributed by atoms with Crippen molar-refractivity contribution in [3.63, 3.8) is 0 Å². The number of nitrogens with zero attached hydrogens (tertiary/aromatic N) is 2. The average molecular weight is 249 g/mol. The zero-order valence-electron chi connectivity index (χ0n) is 9.56. The number of amides is 1. The summed E-state index contributed by atoms with van der Waals surface area (Å²) in [5, 5.41) is 5.07. The van der Waals surface area contributed by atoms with Gasteiger partial charge in [-0.2, -0.15) is 0 Å². The highest BCUT2D eigenvalue weighted by Gasteiger charge is 2.17. The summed E-state index contributed by atoms with van der Waals surface area (Å²) in [4.78, 5) is 17.2. The first kappa shape index (κ1) is 10.8. The van der Waals surface area contributed by atoms with E-state index in [1.165, 1.54) is 12.8 Å². The molecule has 0 radical (unpaired) electrons. The van der Waals surface area contributed by atoms with E-state index >= 15 is 0 Å². The van der Waals surface area contributed by atoms with E-state index in [2.05, 4.69) is 10.3 Å². The van der Waals surface area contributed by atoms with Crippen LogP contribution in [0, 0.1) is 0 Å². The van der Waals surface area contributed by atoms with Gasteiger partial charge in [0.05, 0.1) is 12.1 Å². The van der Waals surface area contributed by atoms with Crippen molar-refractivity contribution >= 4 is 22.2 Å². The predicted octanol–water partition coefficient (Wildman–Crippen LogP) is 2.00. The number of carbonyl (C=O) groups is 1. The fourth-order valence-electron chi connectivity index (χ4n) is 2.37. The average Bonchev–Trinajstić information content (AvgIpc) is 2.92. The summed E-state index contributed by atoms with van der Waals surface area (Å²) < 4.78 is 1.96. The van der Waals surface area contributed by atoms with Crippen LogP contribution in [-0.2, 0) is 11.2 Å². The minimum Gasteiger partial charge on any atom is -0.353 e. The summed E-state index contributed by atoms with van der Waals surface area (Å²) in [5.74, 6) is 0.0997. The Morgan fingerprint density at radius 2 is 2.35 bits per heavy atom. The third kappa shape index (κ3) is 2.34. The molecule has 2 aromatic heterocycles. The zero-order valence-corrected chi connectivity index (χ0v) is 10.4. The van der Waals surface area contributed by atoms with Crippen molar-refractivity contribution in [2.24, 2.45) is 0 Å². The topological polar surface area (TPSA) is 46.4 Å². The maximum atomic E-state index is 11.8. The van der Waals surface area contributed by atoms with Crippen molar-refractivity contribution in [1.29, 1.82) is 0 Å². The Morgan fingerprint density at radius 1 is 1.53 bits per heavy atom. The van der Waals surface area contributed by atoms with Gasteiger partial charge in [0, 0.05) is 23.8 Å². The third-order valence-corrected chi connectivity index (χ3v) is 3.98. The largest absolute Gasteiger partial charge is 0.353 e. The van der Waals surface area contributed by atoms with Crippen LogP contribution in [0.2, 0.25) is 0 Å². The van der Waals surface area contributed by atoms with Gasteiger partial charge >= 0.3 is 0 Å². The fraction of sp³-hybridized carbons (Fsp3) is 0.500. The molecule has 0 bridgehead atoms. The van der Waals surface area contributed by atoms with E-state index in [0.717, 1.165) is 23.5 Å². The standard InChI is InChI=1S/C12H15N3OS/c16-11(13-9-3-1-2-4-9)7-10-8-15-5-6-17-12(15)14-10/h5-6,8-9H,1-4,7H2,(H,13,16). The van der Waals surface area contributed by atoms with E-state index in [4.69, 9.17) is 0 Å². The molecule has 4 nitrogen and oxygen atoms in total. The van der Waals surface area contributed by atoms with Crippen molar-refractivity contribution < 1.29 is 4.79 Å². The number of carbonyl (C=O) groups excluding carboxylic acids is 1. The maximum Gasteiger partial charge on any atom is 0.226 e. The number of aromatic nitrogens is 2. The Bertz CT molecular complexity index is 496. The van der Waals surface area contributed by atoms with Gasteiger partial charge < -0.3 is 5.32 Å². The van der Waals surface area contributed by atoms with Crippen LogP contribution in [0.3, 0.4) is 0 Å². The lowest BCUT2D eigenvalue weighted by Gasteiger charge is -2.10. The van der Waals surface area contributed by atoms with Crippen LogP contribution >= 0.6 is 11.3 Å². The Hall–Kier alpha value is -1.36. The monoisotopic (exact) mass is 249 g/mol. The highest BCUT2D eigenvalue weighted by Crippen LogP contribution is 2.18. The van der Waals surface area contributed by atoms with Gasteiger partial charge in [0.1, 0.15) is 0 Å². The van der Waals surface area contributed by atoms with Crippen molar-refractivity contribution in [3.8, 4) is 0 Å². The van der Waals surface area contributed by atoms with Crippen LogP contribution in [-0.4, -0.2) is 21.3 Å². The Labute approximate surface area is 104 Å². The van der Waals surface area contributed by atoms with Crippen LogP contribution < -0.4 is 5.32 Å². The molecular formula is C12H15N3OS. The molecule has 1 fully saturated rings. The van der Waals surface area contributed by atoms with Crippen molar-refractivity contribution in [2.45, 2.75) is 38.1 Å². The molecule has 0 spiro atoms. The summed E-state index contributed by atoms with van der Waals surface area (Å²) in [6.45, 7) is 0. The first-order valence-electron chi connectivity index (χ1n) is 6.02. The fourth-order valence-corrected chi connectivity index (χ4v) is 3.09. The third-order valence-electron chi connectivity index (χ3n) is 3.21. The molecule has 2 heterocycles. The maximum absolute atomic E-state index is 11.8. The molecule has 1 N–H and O–H groups in total. The Balaban J connectivity index is 1.62. The molecule has 0 atom stereocenters. The second kappa shape index (κ2) is 4.49. The lowest BCUT2D eigenvalue weighted by Crippen LogP contribution is -2.33. The van der Waals surface area contributed by atoms with E-state index in [1.807, 2.05) is 22.2 Å². The van der Waals surface area contributed by atoms with E-state index in [-0.39, 0.29) is 5.91 Å². The van der Waals surface area contributed by atoms with Gasteiger partial charge in [0.2, 0.25) is 5.91 Å². The molecule has 0 aliphatic heterocycles. The van der Waals surface area contributed by atoms with Gasteiger partial charge in [-0.1, -0.05) is 12.8 Å². The molecule has 5 heteroatoms. The Morgan fingerprint density at radius 3 is 3.12 bits per heavy atom. The molecule has 2 aromatic rings. The predicted molar refractivity (Wildman–Crippen MR) is 67.2 cm³/mol. The zero-order chi connectivity index (χ0) is 11.7. The highest BCUT2D eigenvalue weighted by molar-refractivity contribution is 7.15. The smallest absolute Gasteiger partial charge is 0.226 e. The minimum absolute atomic E-state index is 0.0997. The summed E-state index contributed by atoms with van der Waals surface area (Å²) in [6.07, 6.45) is 9.03. The van der Waals surface area contributed by atoms with Gasteiger partial charge in [-0.05, 0) is 12.8 Å². The summed E-state index contributed by atoms with van der Waals surface area (Å²) >= 11 is 1.59. The molecular weight excluding hydrogens is 234 g/mol. The second-order valence-corrected chi connectivity index (χ2v) is 5.42. The Kier molecular flexibility index (Phi) is 2.84. The SMILES string of the molecule is O=C(Cc1cn2ccsc2n1)NC1CCCC1. The van der Waals surface area contributed by atoms with Crippen molar-refractivity contribution in [3.05, 3.63) is 23.5 Å². The molecule has 0 unspecified atom stereocenters. The summed E-state index contributed by atoms with van der Waals surface area (Å²) in [7, 11) is 0. The molecule has 1 saturated carbocycles. The molecule has 1 aliphatic rings. The number of imidazole rings is 1. The van der Waals surface area contributed by atoms with Gasteiger partial charge in [-0.3, -0.25) is 9.20 Å². The first-order chi connectivity index (χ1) is 8.31. The van der Waals surface area contributed by atoms with Crippen molar-refractivity contribution in [1.82, 2.24) is 14.7 Å². The number of fused-ring (bicyclic) bond motifs is 1. The molecule has 1 aliphatic carbocycles. The van der Waals surface area contributed by atoms with Crippen LogP contribution in [0.1, 0.15) is 31.4 Å². The minimum atomic E-state index is 0.0997. The molecule has 90 valence electrons. The lowest BCUT2D eigenvalue weighted by molar-refractivity contribution is -0.121. The van der Waals surface area contributed by atoms with Gasteiger partial charge in [0.15, 0.2) is 4.96 Å². The molecule has 1 amide bonds. The molecule has 3 rings (SSSR count). The molecule has 17 heavy (non-hydrogen) atoms. The van der Waals surface area contributed by atoms with E-state index < -0.39 is 0 Å². The van der Waals surface area contributed by atoms with Crippen LogP contribution in [0.5, 0.6) is 0 Å². The number of thiazole rings is 1. The quantitative estimate of drug-likeness (QED) is 0.904. The van der Waals surface area contributed by atoms with Crippen molar-refractivity contribution in [2.75, 3.05) is 0 Å². The van der Waals surface area contributed by atoms with Crippen LogP contribution in [0.25, 0.3) is 4.96 Å². The lowest BCUT2D eigenvalue weighted by atomic mass is 10.2. The number of rotatable bonds is 3. The van der Waals surface area contributed by atoms with E-state index in [1.54, 1.807) is 11.3 Å². The number of hydrogen-bond acceptors (Lipinski definition) is 3. The molecule has 0 saturated heterocycles. The van der Waals surface area contributed by atoms with Gasteiger partial charge in [-0.15, -0.1) is 11.3 Å². The van der Waals surface area contributed by atoms with E-state index in [9.17, 15) is 4.79 Å². The van der Waals surface area contributed by atoms with Gasteiger partial charge in [0.25, 0.3) is 0 Å². The number of hydrogen-bond donors (Lipinski definition) is 1. The summed E-state index contributed by atoms with van der Waals surface area (Å²) in [5.41, 5.74) is 0.854. The van der Waals surface area contributed by atoms with Gasteiger partial charge in [-0.25, -0.2) is 4.98 Å². The highest BCUT2D eigenvalue weighted by atomic mass is 32.1. The second-order valence-electron chi connectivity index (χ2n) is 4.55. The number of nitrogens with one attached hydrogen (secondary N) is 1. The van der Waals surface area contributed by atoms with Crippen LogP contribution in [0.4, 0.5) is 0 Å². The first-order valence-corrected chi connectivity index (χ1v) is 6.90. The van der Waals surface area contributed by atoms with Crippen LogP contribution in [0.15, 0.2) is 17.8 Å².